The van der Waals surface area contributed by atoms with Crippen LogP contribution in [-0.2, 0) is 42.2 Å². The van der Waals surface area contributed by atoms with E-state index in [0.29, 0.717) is 16.7 Å². The number of nitrogens with one attached hydrogen (secondary N) is 2. The zero-order valence-electron chi connectivity index (χ0n) is 20.3. The van der Waals surface area contributed by atoms with Gasteiger partial charge >= 0.3 is 5.97 Å². The average molecular weight is 531 g/mol. The summed E-state index contributed by atoms with van der Waals surface area (Å²) in [6, 6.07) is 12.6. The van der Waals surface area contributed by atoms with Gasteiger partial charge in [-0.15, -0.1) is 0 Å². The lowest BCUT2D eigenvalue weighted by Gasteiger charge is -2.46. The van der Waals surface area contributed by atoms with Crippen molar-refractivity contribution in [3.05, 3.63) is 87.1 Å². The number of allylic oxidation sites excluding steroid dienone is 1. The van der Waals surface area contributed by atoms with Crippen LogP contribution in [0.3, 0.4) is 0 Å². The molecule has 0 saturated carbocycles. The Morgan fingerprint density at radius 3 is 2.22 bits per heavy atom. The monoisotopic (exact) mass is 530 g/mol. The van der Waals surface area contributed by atoms with E-state index in [-0.39, 0.29) is 24.4 Å². The molecule has 196 valence electrons. The summed E-state index contributed by atoms with van der Waals surface area (Å²) < 4.78 is 33.1. The molecular formula is C24H26N4O8S. The van der Waals surface area contributed by atoms with Gasteiger partial charge in [0.05, 0.1) is 11.3 Å². The number of nitrogens with zero attached hydrogens (tertiary/aromatic N) is 2. The van der Waals surface area contributed by atoms with Gasteiger partial charge in [-0.1, -0.05) is 30.3 Å². The third kappa shape index (κ3) is 6.19. The maximum atomic E-state index is 13.1. The highest BCUT2D eigenvalue weighted by Gasteiger charge is 2.57. The van der Waals surface area contributed by atoms with Gasteiger partial charge in [0.15, 0.2) is 5.37 Å². The summed E-state index contributed by atoms with van der Waals surface area (Å²) in [6.07, 6.45) is -0.0658. The molecule has 2 aromatic rings. The molecule has 0 unspecified atom stereocenters. The van der Waals surface area contributed by atoms with Crippen LogP contribution in [0.4, 0.5) is 5.69 Å². The molecule has 2 amide bonds. The maximum Gasteiger partial charge on any atom is 0.355 e. The first kappa shape index (κ1) is 27.5. The molecule has 0 spiro atoms. The fourth-order valence-corrected chi connectivity index (χ4v) is 5.02. The Kier molecular flexibility index (Phi) is 8.40. The van der Waals surface area contributed by atoms with Crippen molar-refractivity contribution in [3.63, 3.8) is 0 Å². The molecule has 1 aliphatic rings. The first-order valence-electron chi connectivity index (χ1n) is 11.1. The second-order valence-electron chi connectivity index (χ2n) is 8.40. The zero-order chi connectivity index (χ0) is 27.3. The van der Waals surface area contributed by atoms with Crippen molar-refractivity contribution in [2.24, 2.45) is 0 Å². The number of amides is 2. The van der Waals surface area contributed by atoms with Crippen molar-refractivity contribution >= 4 is 33.5 Å². The maximum absolute atomic E-state index is 13.1. The van der Waals surface area contributed by atoms with Crippen molar-refractivity contribution < 1.29 is 32.5 Å². The summed E-state index contributed by atoms with van der Waals surface area (Å²) >= 11 is 0. The number of carbonyl (C=O) groups excluding carboxylic acids is 3. The molecule has 37 heavy (non-hydrogen) atoms. The number of sulfonamides is 1. The van der Waals surface area contributed by atoms with E-state index >= 15 is 0 Å². The van der Waals surface area contributed by atoms with E-state index < -0.39 is 44.1 Å². The highest BCUT2D eigenvalue weighted by molar-refractivity contribution is 7.90. The summed E-state index contributed by atoms with van der Waals surface area (Å²) in [7, 11) is -3.01. The number of hydrogen-bond donors (Lipinski definition) is 2. The largest absolute Gasteiger partial charge is 0.456 e. The van der Waals surface area contributed by atoms with Gasteiger partial charge in [0, 0.05) is 12.1 Å². The number of hydrogen-bond acceptors (Lipinski definition) is 8. The quantitative estimate of drug-likeness (QED) is 0.153. The van der Waals surface area contributed by atoms with E-state index in [0.717, 1.165) is 11.9 Å². The first-order chi connectivity index (χ1) is 17.5. The molecule has 2 N–H and O–H groups in total. The summed E-state index contributed by atoms with van der Waals surface area (Å²) in [5.41, 5.74) is 1.03. The Morgan fingerprint density at radius 1 is 1.05 bits per heavy atom. The minimum absolute atomic E-state index is 0.0658. The van der Waals surface area contributed by atoms with E-state index in [1.807, 2.05) is 0 Å². The third-order valence-corrected chi connectivity index (χ3v) is 7.28. The van der Waals surface area contributed by atoms with Crippen LogP contribution in [0.15, 0.2) is 65.9 Å². The van der Waals surface area contributed by atoms with E-state index in [2.05, 4.69) is 10.0 Å². The van der Waals surface area contributed by atoms with Gasteiger partial charge in [0.2, 0.25) is 15.9 Å². The van der Waals surface area contributed by atoms with Crippen LogP contribution in [0.5, 0.6) is 0 Å². The van der Waals surface area contributed by atoms with Crippen molar-refractivity contribution in [3.8, 4) is 0 Å². The highest BCUT2D eigenvalue weighted by atomic mass is 32.2. The van der Waals surface area contributed by atoms with Crippen LogP contribution < -0.4 is 10.0 Å². The average Bonchev–Trinajstić information content (AvgIpc) is 2.86. The SMILES string of the molecule is CNS(=O)(=O)[C@@H]1[C@H](NC(=O)Cc2ccccc2)C(=O)N1C(C(=O)OCc1ccc([N+](=O)[O-])cc1)=C(C)C. The minimum atomic E-state index is -4.17. The number of likely N-dealkylation sites (tertiary alicyclic amines) is 1. The smallest absolute Gasteiger partial charge is 0.355 e. The molecule has 0 radical (unpaired) electrons. The van der Waals surface area contributed by atoms with Crippen LogP contribution in [0.2, 0.25) is 0 Å². The fraction of sp³-hybridized carbons (Fsp3) is 0.292. The number of esters is 1. The molecule has 1 aliphatic heterocycles. The predicted molar refractivity (Wildman–Crippen MR) is 132 cm³/mol. The van der Waals surface area contributed by atoms with Crippen molar-refractivity contribution in [1.29, 1.82) is 0 Å². The molecule has 3 rings (SSSR count). The van der Waals surface area contributed by atoms with Gasteiger partial charge in [-0.25, -0.2) is 17.9 Å². The lowest BCUT2D eigenvalue weighted by atomic mass is 10.0. The molecule has 0 aromatic heterocycles. The molecule has 13 heteroatoms. The highest BCUT2D eigenvalue weighted by Crippen LogP contribution is 2.31. The summed E-state index contributed by atoms with van der Waals surface area (Å²) in [5, 5.41) is 11.7. The summed E-state index contributed by atoms with van der Waals surface area (Å²) in [5.74, 6) is -2.30. The van der Waals surface area contributed by atoms with E-state index in [9.17, 15) is 32.9 Å². The number of carbonyl (C=O) groups is 3. The lowest BCUT2D eigenvalue weighted by molar-refractivity contribution is -0.384. The van der Waals surface area contributed by atoms with Crippen LogP contribution in [0.25, 0.3) is 0 Å². The number of nitro benzene ring substituents is 1. The number of ether oxygens (including phenoxy) is 1. The molecule has 1 saturated heterocycles. The van der Waals surface area contributed by atoms with E-state index in [1.54, 1.807) is 30.3 Å². The normalized spacial score (nSPS) is 16.9. The number of rotatable bonds is 10. The standard InChI is InChI=1S/C24H26N4O8S/c1-15(2)21(24(31)36-14-17-9-11-18(12-10-17)28(32)33)27-22(30)20(23(27)37(34,35)25-3)26-19(29)13-16-7-5-4-6-8-16/h4-12,20,23,25H,13-14H2,1-3H3,(H,26,29)/t20-,23-/m1/s1. The van der Waals surface area contributed by atoms with Crippen molar-refractivity contribution in [2.45, 2.75) is 38.3 Å². The Hall–Kier alpha value is -4.10. The molecule has 12 nitrogen and oxygen atoms in total. The Labute approximate surface area is 213 Å². The van der Waals surface area contributed by atoms with Crippen LogP contribution >= 0.6 is 0 Å². The Bertz CT molecular complexity index is 1340. The fourth-order valence-electron chi connectivity index (χ4n) is 3.75. The number of non-ortho nitro benzene ring substituents is 1. The number of benzene rings is 2. The third-order valence-electron chi connectivity index (χ3n) is 5.59. The number of nitro groups is 1. The summed E-state index contributed by atoms with van der Waals surface area (Å²) in [4.78, 5) is 49.6. The van der Waals surface area contributed by atoms with Gasteiger partial charge in [-0.2, -0.15) is 0 Å². The van der Waals surface area contributed by atoms with E-state index in [1.165, 1.54) is 38.1 Å². The molecule has 0 aliphatic carbocycles. The van der Waals surface area contributed by atoms with Crippen LogP contribution in [0, 0.1) is 10.1 Å². The first-order valence-corrected chi connectivity index (χ1v) is 12.7. The van der Waals surface area contributed by atoms with Gasteiger partial charge in [-0.05, 0) is 49.7 Å². The van der Waals surface area contributed by atoms with Crippen LogP contribution in [0.1, 0.15) is 25.0 Å². The Morgan fingerprint density at radius 2 is 1.68 bits per heavy atom. The van der Waals surface area contributed by atoms with Gasteiger partial charge in [0.1, 0.15) is 18.3 Å². The van der Waals surface area contributed by atoms with Crippen molar-refractivity contribution in [1.82, 2.24) is 14.9 Å². The van der Waals surface area contributed by atoms with Crippen molar-refractivity contribution in [2.75, 3.05) is 7.05 Å². The molecule has 2 atom stereocenters. The topological polar surface area (TPSA) is 165 Å². The number of β-lactam (4-membered cyclic amide) rings is 1. The second-order valence-corrected chi connectivity index (χ2v) is 10.4. The van der Waals surface area contributed by atoms with Gasteiger partial charge < -0.3 is 10.1 Å². The predicted octanol–water partition coefficient (Wildman–Crippen LogP) is 1.38. The van der Waals surface area contributed by atoms with E-state index in [4.69, 9.17) is 4.74 Å². The zero-order valence-corrected chi connectivity index (χ0v) is 21.2. The molecule has 0 bridgehead atoms. The van der Waals surface area contributed by atoms with Crippen LogP contribution in [-0.4, -0.2) is 54.5 Å². The van der Waals surface area contributed by atoms with Gasteiger partial charge in [0.25, 0.3) is 11.6 Å². The molecular weight excluding hydrogens is 504 g/mol. The molecule has 1 heterocycles. The molecule has 1 fully saturated rings. The van der Waals surface area contributed by atoms with Gasteiger partial charge in [-0.3, -0.25) is 24.6 Å². The molecule has 2 aromatic carbocycles. The lowest BCUT2D eigenvalue weighted by Crippen LogP contribution is -2.74. The Balaban J connectivity index is 1.78. The summed E-state index contributed by atoms with van der Waals surface area (Å²) in [6.45, 7) is 2.76. The second kappa shape index (κ2) is 11.3. The minimum Gasteiger partial charge on any atom is -0.456 e.